The van der Waals surface area contributed by atoms with E-state index in [-0.39, 0.29) is 18.4 Å². The van der Waals surface area contributed by atoms with Crippen molar-refractivity contribution in [1.29, 1.82) is 0 Å². The SMILES string of the molecule is O=C(Nc1ccc2c(c1)N(Cc1ccccc1)C(=O)CO2)c1ccc(F)cc1. The molecule has 5 nitrogen and oxygen atoms in total. The Kier molecular flexibility index (Phi) is 4.76. The molecule has 6 heteroatoms. The zero-order valence-corrected chi connectivity index (χ0v) is 14.9. The summed E-state index contributed by atoms with van der Waals surface area (Å²) >= 11 is 0. The molecular formula is C22H17FN2O3. The van der Waals surface area contributed by atoms with Crippen molar-refractivity contribution in [3.63, 3.8) is 0 Å². The van der Waals surface area contributed by atoms with Crippen LogP contribution in [0.1, 0.15) is 15.9 Å². The largest absolute Gasteiger partial charge is 0.482 e. The van der Waals surface area contributed by atoms with Crippen molar-refractivity contribution in [2.24, 2.45) is 0 Å². The first kappa shape index (κ1) is 17.7. The number of hydrogen-bond donors (Lipinski definition) is 1. The van der Waals surface area contributed by atoms with Crippen LogP contribution in [-0.4, -0.2) is 18.4 Å². The Balaban J connectivity index is 1.59. The van der Waals surface area contributed by atoms with Crippen LogP contribution in [0.2, 0.25) is 0 Å². The number of carbonyl (C=O) groups excluding carboxylic acids is 2. The molecule has 0 spiro atoms. The maximum atomic E-state index is 13.0. The molecule has 0 aliphatic carbocycles. The van der Waals surface area contributed by atoms with E-state index in [2.05, 4.69) is 5.32 Å². The van der Waals surface area contributed by atoms with Crippen LogP contribution in [0, 0.1) is 5.82 Å². The molecule has 0 radical (unpaired) electrons. The molecule has 0 fully saturated rings. The quantitative estimate of drug-likeness (QED) is 0.749. The summed E-state index contributed by atoms with van der Waals surface area (Å²) in [6.45, 7) is 0.381. The van der Waals surface area contributed by atoms with Crippen molar-refractivity contribution < 1.29 is 18.7 Å². The Morgan fingerprint density at radius 2 is 1.79 bits per heavy atom. The van der Waals surface area contributed by atoms with Gasteiger partial charge in [0.2, 0.25) is 0 Å². The van der Waals surface area contributed by atoms with Crippen molar-refractivity contribution in [2.75, 3.05) is 16.8 Å². The maximum absolute atomic E-state index is 13.0. The number of carbonyl (C=O) groups is 2. The number of hydrogen-bond acceptors (Lipinski definition) is 3. The lowest BCUT2D eigenvalue weighted by molar-refractivity contribution is -0.121. The minimum absolute atomic E-state index is 0.0267. The van der Waals surface area contributed by atoms with E-state index in [0.29, 0.717) is 29.2 Å². The van der Waals surface area contributed by atoms with Crippen LogP contribution in [0.5, 0.6) is 5.75 Å². The minimum Gasteiger partial charge on any atom is -0.482 e. The molecular weight excluding hydrogens is 359 g/mol. The smallest absolute Gasteiger partial charge is 0.265 e. The van der Waals surface area contributed by atoms with Gasteiger partial charge in [0.15, 0.2) is 6.61 Å². The fourth-order valence-corrected chi connectivity index (χ4v) is 3.02. The van der Waals surface area contributed by atoms with Crippen LogP contribution in [0.3, 0.4) is 0 Å². The van der Waals surface area contributed by atoms with E-state index < -0.39 is 5.82 Å². The summed E-state index contributed by atoms with van der Waals surface area (Å²) in [5.74, 6) is -0.344. The molecule has 2 amide bonds. The number of anilines is 2. The summed E-state index contributed by atoms with van der Waals surface area (Å²) in [5, 5.41) is 2.77. The topological polar surface area (TPSA) is 58.6 Å². The summed E-state index contributed by atoms with van der Waals surface area (Å²) in [5.41, 5.74) is 2.44. The summed E-state index contributed by atoms with van der Waals surface area (Å²) < 4.78 is 18.6. The highest BCUT2D eigenvalue weighted by Crippen LogP contribution is 2.35. The Morgan fingerprint density at radius 3 is 2.54 bits per heavy atom. The molecule has 140 valence electrons. The normalized spacial score (nSPS) is 12.9. The second-order valence-electron chi connectivity index (χ2n) is 6.40. The van der Waals surface area contributed by atoms with Gasteiger partial charge in [0.05, 0.1) is 12.2 Å². The molecule has 28 heavy (non-hydrogen) atoms. The summed E-state index contributed by atoms with van der Waals surface area (Å²) in [6, 6.07) is 20.1. The highest BCUT2D eigenvalue weighted by atomic mass is 19.1. The number of ether oxygens (including phenoxy) is 1. The molecule has 3 aromatic rings. The fraction of sp³-hybridized carbons (Fsp3) is 0.0909. The van der Waals surface area contributed by atoms with Crippen LogP contribution < -0.4 is 15.0 Å². The highest BCUT2D eigenvalue weighted by Gasteiger charge is 2.26. The average Bonchev–Trinajstić information content (AvgIpc) is 2.71. The first-order valence-corrected chi connectivity index (χ1v) is 8.78. The Morgan fingerprint density at radius 1 is 1.04 bits per heavy atom. The number of rotatable bonds is 4. The predicted octanol–water partition coefficient (Wildman–Crippen LogP) is 4.00. The van der Waals surface area contributed by atoms with E-state index in [1.54, 1.807) is 23.1 Å². The van der Waals surface area contributed by atoms with Gasteiger partial charge < -0.3 is 15.0 Å². The molecule has 0 unspecified atom stereocenters. The summed E-state index contributed by atoms with van der Waals surface area (Å²) in [4.78, 5) is 26.5. The Bertz CT molecular complexity index is 1020. The summed E-state index contributed by atoms with van der Waals surface area (Å²) in [6.07, 6.45) is 0. The third-order valence-corrected chi connectivity index (χ3v) is 4.45. The molecule has 0 saturated heterocycles. The predicted molar refractivity (Wildman–Crippen MR) is 104 cm³/mol. The fourth-order valence-electron chi connectivity index (χ4n) is 3.02. The lowest BCUT2D eigenvalue weighted by Gasteiger charge is -2.30. The van der Waals surface area contributed by atoms with Crippen LogP contribution >= 0.6 is 0 Å². The Labute approximate surface area is 161 Å². The van der Waals surface area contributed by atoms with Crippen LogP contribution in [-0.2, 0) is 11.3 Å². The van der Waals surface area contributed by atoms with Gasteiger partial charge in [-0.3, -0.25) is 9.59 Å². The van der Waals surface area contributed by atoms with Gasteiger partial charge in [0.25, 0.3) is 11.8 Å². The van der Waals surface area contributed by atoms with Gasteiger partial charge in [-0.1, -0.05) is 30.3 Å². The molecule has 1 aliphatic rings. The first-order chi connectivity index (χ1) is 13.6. The number of halogens is 1. The average molecular weight is 376 g/mol. The van der Waals surface area contributed by atoms with Crippen LogP contribution in [0.4, 0.5) is 15.8 Å². The van der Waals surface area contributed by atoms with Gasteiger partial charge in [-0.2, -0.15) is 0 Å². The van der Waals surface area contributed by atoms with Crippen molar-refractivity contribution >= 4 is 23.2 Å². The standard InChI is InChI=1S/C22H17FN2O3/c23-17-8-6-16(7-9-17)22(27)24-18-10-11-20-19(12-18)25(21(26)14-28-20)13-15-4-2-1-3-5-15/h1-12H,13-14H2,(H,24,27). The van der Waals surface area contributed by atoms with E-state index in [9.17, 15) is 14.0 Å². The monoisotopic (exact) mass is 376 g/mol. The van der Waals surface area contributed by atoms with Gasteiger partial charge >= 0.3 is 0 Å². The zero-order chi connectivity index (χ0) is 19.5. The second-order valence-corrected chi connectivity index (χ2v) is 6.40. The van der Waals surface area contributed by atoms with Crippen molar-refractivity contribution in [3.05, 3.63) is 89.7 Å². The summed E-state index contributed by atoms with van der Waals surface area (Å²) in [7, 11) is 0. The Hall–Kier alpha value is -3.67. The van der Waals surface area contributed by atoms with Crippen molar-refractivity contribution in [1.82, 2.24) is 0 Å². The van der Waals surface area contributed by atoms with Gasteiger partial charge in [0.1, 0.15) is 11.6 Å². The van der Waals surface area contributed by atoms with Crippen molar-refractivity contribution in [3.8, 4) is 5.75 Å². The van der Waals surface area contributed by atoms with E-state index in [1.165, 1.54) is 24.3 Å². The molecule has 0 atom stereocenters. The van der Waals surface area contributed by atoms with E-state index in [0.717, 1.165) is 5.56 Å². The number of amides is 2. The number of nitrogens with one attached hydrogen (secondary N) is 1. The third-order valence-electron chi connectivity index (χ3n) is 4.45. The van der Waals surface area contributed by atoms with E-state index in [4.69, 9.17) is 4.74 Å². The van der Waals surface area contributed by atoms with Gasteiger partial charge in [0, 0.05) is 11.3 Å². The van der Waals surface area contributed by atoms with Crippen LogP contribution in [0.15, 0.2) is 72.8 Å². The lowest BCUT2D eigenvalue weighted by Crippen LogP contribution is -2.38. The van der Waals surface area contributed by atoms with Gasteiger partial charge in [-0.25, -0.2) is 4.39 Å². The maximum Gasteiger partial charge on any atom is 0.265 e. The highest BCUT2D eigenvalue weighted by molar-refractivity contribution is 6.05. The first-order valence-electron chi connectivity index (χ1n) is 8.78. The molecule has 0 aromatic heterocycles. The van der Waals surface area contributed by atoms with Crippen LogP contribution in [0.25, 0.3) is 0 Å². The van der Waals surface area contributed by atoms with Gasteiger partial charge in [-0.05, 0) is 48.0 Å². The number of fused-ring (bicyclic) bond motifs is 1. The zero-order valence-electron chi connectivity index (χ0n) is 14.9. The lowest BCUT2D eigenvalue weighted by atomic mass is 10.1. The number of nitrogens with zero attached hydrogens (tertiary/aromatic N) is 1. The second kappa shape index (κ2) is 7.52. The molecule has 4 rings (SSSR count). The minimum atomic E-state index is -0.405. The molecule has 1 N–H and O–H groups in total. The van der Waals surface area contributed by atoms with Crippen molar-refractivity contribution in [2.45, 2.75) is 6.54 Å². The number of benzene rings is 3. The molecule has 0 bridgehead atoms. The molecule has 0 saturated carbocycles. The molecule has 1 aliphatic heterocycles. The van der Waals surface area contributed by atoms with E-state index in [1.807, 2.05) is 30.3 Å². The van der Waals surface area contributed by atoms with Gasteiger partial charge in [-0.15, -0.1) is 0 Å². The third kappa shape index (κ3) is 3.71. The molecule has 3 aromatic carbocycles. The van der Waals surface area contributed by atoms with E-state index >= 15 is 0 Å². The molecule has 1 heterocycles.